The molecule has 4 aromatic rings. The van der Waals surface area contributed by atoms with Gasteiger partial charge in [-0.05, 0) is 37.6 Å². The number of anilines is 2. The van der Waals surface area contributed by atoms with Crippen molar-refractivity contribution in [3.05, 3.63) is 34.4 Å². The smallest absolute Gasteiger partial charge is 0.319 e. The lowest BCUT2D eigenvalue weighted by Gasteiger charge is -2.46. The van der Waals surface area contributed by atoms with Gasteiger partial charge in [0.1, 0.15) is 29.8 Å². The van der Waals surface area contributed by atoms with Gasteiger partial charge in [-0.15, -0.1) is 0 Å². The van der Waals surface area contributed by atoms with Gasteiger partial charge < -0.3 is 30.4 Å². The van der Waals surface area contributed by atoms with Gasteiger partial charge in [0.15, 0.2) is 5.13 Å². The average molecular weight is 597 g/mol. The van der Waals surface area contributed by atoms with Gasteiger partial charge in [-0.25, -0.2) is 13.8 Å². The van der Waals surface area contributed by atoms with E-state index < -0.39 is 12.0 Å². The molecule has 14 heteroatoms. The monoisotopic (exact) mass is 596 g/mol. The van der Waals surface area contributed by atoms with Crippen LogP contribution in [0.3, 0.4) is 0 Å². The third-order valence-corrected chi connectivity index (χ3v) is 9.99. The second-order valence-electron chi connectivity index (χ2n) is 11.7. The van der Waals surface area contributed by atoms with Gasteiger partial charge >= 0.3 is 6.01 Å². The zero-order valence-corrected chi connectivity index (χ0v) is 23.6. The minimum atomic E-state index is -0.879. The van der Waals surface area contributed by atoms with E-state index >= 15 is 0 Å². The molecule has 0 saturated carbocycles. The highest BCUT2D eigenvalue weighted by atomic mass is 32.1. The lowest BCUT2D eigenvalue weighted by atomic mass is 9.95. The molecule has 42 heavy (non-hydrogen) atoms. The Balaban J connectivity index is 1.27. The largest absolute Gasteiger partial charge is 0.461 e. The molecule has 7 heterocycles. The summed E-state index contributed by atoms with van der Waals surface area (Å²) in [6, 6.07) is 4.75. The maximum absolute atomic E-state index is 14.5. The molecule has 4 N–H and O–H groups in total. The number of piperazine rings is 1. The van der Waals surface area contributed by atoms with Gasteiger partial charge in [0.05, 0.1) is 52.3 Å². The highest BCUT2D eigenvalue weighted by molar-refractivity contribution is 7.22. The van der Waals surface area contributed by atoms with Crippen LogP contribution in [0.5, 0.6) is 6.01 Å². The zero-order chi connectivity index (χ0) is 28.6. The number of H-pyrrole nitrogens is 1. The zero-order valence-electron chi connectivity index (χ0n) is 22.7. The van der Waals surface area contributed by atoms with Gasteiger partial charge in [0.25, 0.3) is 5.56 Å². The number of pyridine rings is 1. The van der Waals surface area contributed by atoms with Crippen LogP contribution in [0.25, 0.3) is 32.4 Å². The van der Waals surface area contributed by atoms with Crippen LogP contribution in [-0.2, 0) is 4.74 Å². The Morgan fingerprint density at radius 3 is 2.88 bits per heavy atom. The van der Waals surface area contributed by atoms with Crippen molar-refractivity contribution in [2.24, 2.45) is 0 Å². The molecule has 4 aliphatic rings. The summed E-state index contributed by atoms with van der Waals surface area (Å²) in [7, 11) is 0. The van der Waals surface area contributed by atoms with E-state index in [2.05, 4.69) is 25.1 Å². The summed E-state index contributed by atoms with van der Waals surface area (Å²) in [4.78, 5) is 35.0. The van der Waals surface area contributed by atoms with E-state index in [1.165, 1.54) is 6.07 Å². The Labute approximate surface area is 243 Å². The number of aromatic nitrogens is 4. The molecule has 8 rings (SSSR count). The summed E-state index contributed by atoms with van der Waals surface area (Å²) in [5.41, 5.74) is 6.88. The minimum absolute atomic E-state index is 0.0247. The fourth-order valence-corrected chi connectivity index (χ4v) is 8.02. The first-order valence-electron chi connectivity index (χ1n) is 14.3. The number of nitrogen functional groups attached to an aromatic ring is 1. The van der Waals surface area contributed by atoms with Crippen molar-refractivity contribution in [3.8, 4) is 17.3 Å². The Hall–Kier alpha value is -3.46. The Bertz CT molecular complexity index is 1740. The van der Waals surface area contributed by atoms with Gasteiger partial charge in [0.2, 0.25) is 0 Å². The number of nitrogens with zero attached hydrogens (tertiary/aromatic N) is 5. The number of benzene rings is 1. The molecule has 4 atom stereocenters. The molecular weight excluding hydrogens is 566 g/mol. The van der Waals surface area contributed by atoms with Crippen LogP contribution >= 0.6 is 11.3 Å². The first kappa shape index (κ1) is 26.2. The van der Waals surface area contributed by atoms with Crippen molar-refractivity contribution in [1.82, 2.24) is 30.2 Å². The van der Waals surface area contributed by atoms with Gasteiger partial charge in [-0.1, -0.05) is 11.3 Å². The lowest BCUT2D eigenvalue weighted by molar-refractivity contribution is 0.0522. The second-order valence-corrected chi connectivity index (χ2v) is 12.7. The SMILES string of the molecule is Nc1nc2c(-c3cc4nc(OC[C@@]56CCCN5C[C@H](F)C6)nc(N5C6CNCC5COC6)c4c(=O)[nH]3)ccc(F)c2s1. The molecule has 4 saturated heterocycles. The number of morpholine rings is 1. The molecule has 0 radical (unpaired) electrons. The number of alkyl halides is 1. The van der Waals surface area contributed by atoms with Crippen LogP contribution < -0.4 is 26.2 Å². The Morgan fingerprint density at radius 1 is 1.21 bits per heavy atom. The third-order valence-electron chi connectivity index (χ3n) is 9.10. The summed E-state index contributed by atoms with van der Waals surface area (Å²) in [6.45, 7) is 3.90. The van der Waals surface area contributed by atoms with Crippen molar-refractivity contribution in [2.45, 2.75) is 43.1 Å². The second kappa shape index (κ2) is 9.79. The topological polar surface area (TPSA) is 135 Å². The highest BCUT2D eigenvalue weighted by Gasteiger charge is 2.49. The molecule has 4 aliphatic heterocycles. The molecule has 4 fully saturated rings. The van der Waals surface area contributed by atoms with Gasteiger partial charge in [-0.3, -0.25) is 9.69 Å². The number of ether oxygens (including phenoxy) is 2. The maximum atomic E-state index is 14.5. The Kier molecular flexibility index (Phi) is 6.11. The average Bonchev–Trinajstić information content (AvgIpc) is 3.62. The number of aromatic amines is 1. The highest BCUT2D eigenvalue weighted by Crippen LogP contribution is 2.41. The third kappa shape index (κ3) is 4.14. The van der Waals surface area contributed by atoms with Gasteiger partial charge in [0, 0.05) is 31.6 Å². The number of hydrogen-bond donors (Lipinski definition) is 3. The molecule has 0 amide bonds. The molecule has 3 aromatic heterocycles. The van der Waals surface area contributed by atoms with Crippen LogP contribution in [-0.4, -0.2) is 94.6 Å². The van der Waals surface area contributed by atoms with E-state index in [1.54, 1.807) is 12.1 Å². The summed E-state index contributed by atoms with van der Waals surface area (Å²) in [5.74, 6) is 0.0573. The Morgan fingerprint density at radius 2 is 2.05 bits per heavy atom. The van der Waals surface area contributed by atoms with Crippen molar-refractivity contribution < 1.29 is 18.3 Å². The summed E-state index contributed by atoms with van der Waals surface area (Å²) >= 11 is 1.05. The van der Waals surface area contributed by atoms with E-state index in [1.807, 2.05) is 0 Å². The fraction of sp³-hybridized carbons (Fsp3) is 0.500. The van der Waals surface area contributed by atoms with Gasteiger partial charge in [-0.2, -0.15) is 9.97 Å². The predicted molar refractivity (Wildman–Crippen MR) is 155 cm³/mol. The molecule has 11 nitrogen and oxygen atoms in total. The molecular formula is C28H30F2N8O3S. The summed E-state index contributed by atoms with van der Waals surface area (Å²) < 4.78 is 41.4. The first-order chi connectivity index (χ1) is 20.4. The van der Waals surface area contributed by atoms with E-state index in [4.69, 9.17) is 25.2 Å². The molecule has 2 unspecified atom stereocenters. The lowest BCUT2D eigenvalue weighted by Crippen LogP contribution is -2.64. The molecule has 1 aromatic carbocycles. The van der Waals surface area contributed by atoms with E-state index in [-0.39, 0.29) is 40.9 Å². The molecule has 220 valence electrons. The van der Waals surface area contributed by atoms with Crippen molar-refractivity contribution in [2.75, 3.05) is 56.6 Å². The number of thiazole rings is 1. The number of halogens is 2. The van der Waals surface area contributed by atoms with E-state index in [0.29, 0.717) is 77.5 Å². The normalized spacial score (nSPS) is 27.7. The van der Waals surface area contributed by atoms with Crippen LogP contribution in [0.4, 0.5) is 19.7 Å². The van der Waals surface area contributed by atoms with Crippen molar-refractivity contribution in [3.63, 3.8) is 0 Å². The minimum Gasteiger partial charge on any atom is -0.461 e. The van der Waals surface area contributed by atoms with Crippen LogP contribution in [0.15, 0.2) is 23.0 Å². The van der Waals surface area contributed by atoms with Crippen molar-refractivity contribution in [1.29, 1.82) is 0 Å². The molecule has 0 aliphatic carbocycles. The number of nitrogens with one attached hydrogen (secondary N) is 2. The summed E-state index contributed by atoms with van der Waals surface area (Å²) in [5, 5.41) is 4.01. The summed E-state index contributed by atoms with van der Waals surface area (Å²) in [6.07, 6.45) is 1.40. The van der Waals surface area contributed by atoms with Crippen LogP contribution in [0, 0.1) is 5.82 Å². The van der Waals surface area contributed by atoms with E-state index in [0.717, 1.165) is 30.7 Å². The standard InChI is InChI=1S/C28H30F2N8O3S/c29-14-7-28(4-1-5-37(28)10-14)13-41-27-34-20-6-19(17-2-3-18(30)23-22(17)35-26(31)42-23)33-25(39)21(20)24(36-27)38-15-8-32-9-16(38)12-40-11-15/h2-3,6,14-16,32H,1,4-5,7-13H2,(H2,31,35)(H,33,39)/t14-,15?,16?,28+/m1/s1. The quantitative estimate of drug-likeness (QED) is 0.315. The first-order valence-corrected chi connectivity index (χ1v) is 15.1. The van der Waals surface area contributed by atoms with Crippen molar-refractivity contribution >= 4 is 43.4 Å². The molecule has 0 spiro atoms. The number of hydrogen-bond acceptors (Lipinski definition) is 11. The number of rotatable bonds is 5. The number of nitrogens with two attached hydrogens (primary N) is 1. The predicted octanol–water partition coefficient (Wildman–Crippen LogP) is 2.45. The maximum Gasteiger partial charge on any atom is 0.319 e. The number of fused-ring (bicyclic) bond motifs is 5. The molecule has 2 bridgehead atoms. The van der Waals surface area contributed by atoms with Crippen LogP contribution in [0.2, 0.25) is 0 Å². The van der Waals surface area contributed by atoms with Crippen LogP contribution in [0.1, 0.15) is 19.3 Å². The fourth-order valence-electron chi connectivity index (χ4n) is 7.25. The van der Waals surface area contributed by atoms with E-state index in [9.17, 15) is 13.6 Å².